The Balaban J connectivity index is 2.14. The summed E-state index contributed by atoms with van der Waals surface area (Å²) >= 11 is 0. The van der Waals surface area contributed by atoms with E-state index in [1.807, 2.05) is 12.1 Å². The first-order chi connectivity index (χ1) is 10.0. The summed E-state index contributed by atoms with van der Waals surface area (Å²) in [6.07, 6.45) is 2.42. The van der Waals surface area contributed by atoms with Gasteiger partial charge in [0.05, 0.1) is 0 Å². The molecule has 0 bridgehead atoms. The first-order valence-electron chi connectivity index (χ1n) is 7.87. The third kappa shape index (κ3) is 4.05. The van der Waals surface area contributed by atoms with Crippen molar-refractivity contribution in [3.05, 3.63) is 34.9 Å². The predicted octanol–water partition coefficient (Wildman–Crippen LogP) is 2.20. The number of hydrogen-bond acceptors (Lipinski definition) is 3. The van der Waals surface area contributed by atoms with E-state index in [0.717, 1.165) is 25.2 Å². The Kier molecular flexibility index (Phi) is 5.37. The third-order valence-electron chi connectivity index (χ3n) is 4.52. The summed E-state index contributed by atoms with van der Waals surface area (Å²) in [6, 6.07) is 6.76. The van der Waals surface area contributed by atoms with Crippen LogP contribution < -0.4 is 5.73 Å². The minimum Gasteiger partial charge on any atom is -0.384 e. The number of nitrogens with zero attached hydrogens (tertiary/aromatic N) is 2. The lowest BCUT2D eigenvalue weighted by molar-refractivity contribution is 0.175. The van der Waals surface area contributed by atoms with Crippen molar-refractivity contribution in [1.29, 1.82) is 5.41 Å². The molecule has 1 fully saturated rings. The van der Waals surface area contributed by atoms with E-state index in [9.17, 15) is 0 Å². The molecule has 1 aromatic carbocycles. The van der Waals surface area contributed by atoms with Crippen molar-refractivity contribution in [2.24, 2.45) is 5.73 Å². The maximum absolute atomic E-state index is 7.53. The van der Waals surface area contributed by atoms with Crippen molar-refractivity contribution in [2.45, 2.75) is 39.3 Å². The van der Waals surface area contributed by atoms with Crippen LogP contribution >= 0.6 is 0 Å². The summed E-state index contributed by atoms with van der Waals surface area (Å²) < 4.78 is 0. The van der Waals surface area contributed by atoms with Crippen molar-refractivity contribution in [3.8, 4) is 0 Å². The molecule has 0 aromatic heterocycles. The lowest BCUT2D eigenvalue weighted by atomic mass is 10.0. The van der Waals surface area contributed by atoms with Crippen molar-refractivity contribution in [3.63, 3.8) is 0 Å². The molecule has 4 nitrogen and oxygen atoms in total. The van der Waals surface area contributed by atoms with E-state index >= 15 is 0 Å². The zero-order valence-electron chi connectivity index (χ0n) is 13.5. The highest BCUT2D eigenvalue weighted by atomic mass is 15.2. The number of amidine groups is 1. The highest BCUT2D eigenvalue weighted by Crippen LogP contribution is 2.19. The molecule has 1 heterocycles. The summed E-state index contributed by atoms with van der Waals surface area (Å²) in [5.74, 6) is 0.146. The van der Waals surface area contributed by atoms with Gasteiger partial charge in [0.15, 0.2) is 0 Å². The minimum absolute atomic E-state index is 0.146. The number of nitrogens with one attached hydrogen (secondary N) is 1. The summed E-state index contributed by atoms with van der Waals surface area (Å²) in [5, 5.41) is 7.53. The molecule has 1 aliphatic rings. The van der Waals surface area contributed by atoms with Crippen LogP contribution in [0, 0.1) is 12.3 Å². The molecule has 2 rings (SSSR count). The van der Waals surface area contributed by atoms with E-state index < -0.39 is 0 Å². The lowest BCUT2D eigenvalue weighted by Crippen LogP contribution is -2.39. The monoisotopic (exact) mass is 288 g/mol. The molecule has 116 valence electrons. The van der Waals surface area contributed by atoms with Gasteiger partial charge in [0.1, 0.15) is 5.84 Å². The molecule has 0 radical (unpaired) electrons. The molecule has 1 aromatic rings. The van der Waals surface area contributed by atoms with Crippen molar-refractivity contribution in [1.82, 2.24) is 9.80 Å². The molecule has 21 heavy (non-hydrogen) atoms. The van der Waals surface area contributed by atoms with Crippen LogP contribution in [0.15, 0.2) is 18.2 Å². The van der Waals surface area contributed by atoms with Crippen molar-refractivity contribution < 1.29 is 0 Å². The fourth-order valence-electron chi connectivity index (χ4n) is 3.15. The normalized spacial score (nSPS) is 21.2. The molecule has 1 atom stereocenters. The van der Waals surface area contributed by atoms with Crippen LogP contribution in [0.2, 0.25) is 0 Å². The zero-order chi connectivity index (χ0) is 15.4. The van der Waals surface area contributed by atoms with Gasteiger partial charge in [-0.3, -0.25) is 10.3 Å². The van der Waals surface area contributed by atoms with Gasteiger partial charge in [-0.15, -0.1) is 0 Å². The Morgan fingerprint density at radius 2 is 2.14 bits per heavy atom. The maximum Gasteiger partial charge on any atom is 0.122 e. The summed E-state index contributed by atoms with van der Waals surface area (Å²) in [5.41, 5.74) is 8.96. The van der Waals surface area contributed by atoms with Crippen LogP contribution in [0.25, 0.3) is 0 Å². The van der Waals surface area contributed by atoms with Crippen LogP contribution in [0.3, 0.4) is 0 Å². The Morgan fingerprint density at radius 1 is 1.38 bits per heavy atom. The SMILES string of the molecule is CCC1CN(C)CCCN1Cc1ccc(C(=N)N)cc1C. The second kappa shape index (κ2) is 7.05. The Bertz CT molecular complexity index is 498. The number of likely N-dealkylation sites (N-methyl/N-ethyl adjacent to an activating group) is 1. The van der Waals surface area contributed by atoms with Crippen LogP contribution in [0.5, 0.6) is 0 Å². The largest absolute Gasteiger partial charge is 0.384 e. The zero-order valence-corrected chi connectivity index (χ0v) is 13.5. The fourth-order valence-corrected chi connectivity index (χ4v) is 3.15. The number of nitrogen functional groups attached to an aromatic ring is 1. The second-order valence-electron chi connectivity index (χ2n) is 6.20. The van der Waals surface area contributed by atoms with Gasteiger partial charge in [0, 0.05) is 31.2 Å². The number of benzene rings is 1. The van der Waals surface area contributed by atoms with Gasteiger partial charge in [0.25, 0.3) is 0 Å². The summed E-state index contributed by atoms with van der Waals surface area (Å²) in [6.45, 7) is 8.90. The van der Waals surface area contributed by atoms with Gasteiger partial charge >= 0.3 is 0 Å². The maximum atomic E-state index is 7.53. The molecule has 1 aliphatic heterocycles. The average Bonchev–Trinajstić information content (AvgIpc) is 2.62. The van der Waals surface area contributed by atoms with Crippen LogP contribution in [0.4, 0.5) is 0 Å². The first-order valence-corrected chi connectivity index (χ1v) is 7.87. The van der Waals surface area contributed by atoms with E-state index in [0.29, 0.717) is 6.04 Å². The first kappa shape index (κ1) is 16.0. The number of aryl methyl sites for hydroxylation is 1. The van der Waals surface area contributed by atoms with E-state index in [4.69, 9.17) is 11.1 Å². The smallest absolute Gasteiger partial charge is 0.122 e. The summed E-state index contributed by atoms with van der Waals surface area (Å²) in [7, 11) is 2.22. The molecule has 0 saturated carbocycles. The van der Waals surface area contributed by atoms with E-state index in [1.165, 1.54) is 30.5 Å². The number of rotatable bonds is 4. The molecule has 1 saturated heterocycles. The number of hydrogen-bond donors (Lipinski definition) is 2. The predicted molar refractivity (Wildman–Crippen MR) is 88.8 cm³/mol. The van der Waals surface area contributed by atoms with Gasteiger partial charge in [0.2, 0.25) is 0 Å². The van der Waals surface area contributed by atoms with Crippen LogP contribution in [-0.2, 0) is 6.54 Å². The fraction of sp³-hybridized carbons (Fsp3) is 0.588. The second-order valence-corrected chi connectivity index (χ2v) is 6.20. The van der Waals surface area contributed by atoms with E-state index in [1.54, 1.807) is 0 Å². The van der Waals surface area contributed by atoms with Gasteiger partial charge in [-0.1, -0.05) is 19.1 Å². The molecule has 0 spiro atoms. The average molecular weight is 288 g/mol. The highest BCUT2D eigenvalue weighted by Gasteiger charge is 2.22. The molecule has 3 N–H and O–H groups in total. The van der Waals surface area contributed by atoms with E-state index in [2.05, 4.69) is 36.8 Å². The highest BCUT2D eigenvalue weighted by molar-refractivity contribution is 5.95. The minimum atomic E-state index is 0.146. The quantitative estimate of drug-likeness (QED) is 0.659. The molecule has 1 unspecified atom stereocenters. The van der Waals surface area contributed by atoms with Gasteiger partial charge < -0.3 is 10.6 Å². The standard InChI is InChI=1S/C17H28N4/c1-4-16-12-20(3)8-5-9-21(16)11-15-7-6-14(17(18)19)10-13(15)2/h6-7,10,16H,4-5,8-9,11-12H2,1-3H3,(H3,18,19). The molecule has 4 heteroatoms. The van der Waals surface area contributed by atoms with Gasteiger partial charge in [-0.25, -0.2) is 0 Å². The molecular formula is C17H28N4. The van der Waals surface area contributed by atoms with Crippen LogP contribution in [0.1, 0.15) is 36.5 Å². The van der Waals surface area contributed by atoms with E-state index in [-0.39, 0.29) is 5.84 Å². The Labute approximate surface area is 128 Å². The van der Waals surface area contributed by atoms with Crippen LogP contribution in [-0.4, -0.2) is 48.4 Å². The lowest BCUT2D eigenvalue weighted by Gasteiger charge is -2.30. The third-order valence-corrected chi connectivity index (χ3v) is 4.52. The van der Waals surface area contributed by atoms with Gasteiger partial charge in [-0.05, 0) is 50.6 Å². The Hall–Kier alpha value is -1.39. The van der Waals surface area contributed by atoms with Crippen molar-refractivity contribution in [2.75, 3.05) is 26.7 Å². The number of nitrogens with two attached hydrogens (primary N) is 1. The Morgan fingerprint density at radius 3 is 2.76 bits per heavy atom. The van der Waals surface area contributed by atoms with Gasteiger partial charge in [-0.2, -0.15) is 0 Å². The molecule has 0 aliphatic carbocycles. The summed E-state index contributed by atoms with van der Waals surface area (Å²) in [4.78, 5) is 5.05. The topological polar surface area (TPSA) is 56.4 Å². The molecular weight excluding hydrogens is 260 g/mol. The van der Waals surface area contributed by atoms with Crippen molar-refractivity contribution >= 4 is 5.84 Å². The molecule has 0 amide bonds.